The van der Waals surface area contributed by atoms with Crippen molar-refractivity contribution in [1.82, 2.24) is 5.32 Å². The topological polar surface area (TPSA) is 97.0 Å². The van der Waals surface area contributed by atoms with E-state index < -0.39 is 4.92 Å². The largest absolute Gasteiger partial charge is 0.303 e. The van der Waals surface area contributed by atoms with Crippen molar-refractivity contribution in [3.8, 4) is 0 Å². The highest BCUT2D eigenvalue weighted by molar-refractivity contribution is 8.15. The molecule has 1 unspecified atom stereocenters. The van der Waals surface area contributed by atoms with Crippen molar-refractivity contribution < 1.29 is 9.72 Å². The molecule has 0 radical (unpaired) electrons. The molecular formula is C18H16N4O3S. The molecule has 0 saturated carbocycles. The number of rotatable bonds is 5. The van der Waals surface area contributed by atoms with E-state index in [1.54, 1.807) is 18.3 Å². The second-order valence-corrected chi connectivity index (χ2v) is 6.92. The van der Waals surface area contributed by atoms with E-state index in [1.165, 1.54) is 23.9 Å². The molecule has 1 heterocycles. The molecule has 1 saturated heterocycles. The Labute approximate surface area is 154 Å². The summed E-state index contributed by atoms with van der Waals surface area (Å²) in [6.45, 7) is 1.98. The molecule has 2 aromatic carbocycles. The maximum atomic E-state index is 12.1. The van der Waals surface area contributed by atoms with Crippen LogP contribution in [0.5, 0.6) is 0 Å². The molecule has 132 valence electrons. The lowest BCUT2D eigenvalue weighted by Crippen LogP contribution is -2.25. The first-order valence-electron chi connectivity index (χ1n) is 7.90. The summed E-state index contributed by atoms with van der Waals surface area (Å²) < 4.78 is 0. The number of carbonyl (C=O) groups excluding carboxylic acids is 1. The standard InChI is InChI=1S/C18H16N4O3S/c1-12-5-2-3-7-14(12)11-19-21-18-20-17(23)16(26-18)10-13-6-4-8-15(9-13)22(24)25/h2-9,11,16H,10H2,1H3,(H,20,21,23)/b19-11-. The van der Waals surface area contributed by atoms with Crippen LogP contribution in [-0.4, -0.2) is 27.5 Å². The Bertz CT molecular complexity index is 911. The smallest absolute Gasteiger partial charge is 0.269 e. The Kier molecular flexibility index (Phi) is 5.43. The summed E-state index contributed by atoms with van der Waals surface area (Å²) in [7, 11) is 0. The van der Waals surface area contributed by atoms with Crippen LogP contribution in [0.2, 0.25) is 0 Å². The van der Waals surface area contributed by atoms with Crippen molar-refractivity contribution in [2.75, 3.05) is 0 Å². The Morgan fingerprint density at radius 1 is 1.27 bits per heavy atom. The van der Waals surface area contributed by atoms with Crippen molar-refractivity contribution in [3.05, 3.63) is 75.3 Å². The summed E-state index contributed by atoms with van der Waals surface area (Å²) >= 11 is 1.27. The Morgan fingerprint density at radius 3 is 2.85 bits per heavy atom. The third-order valence-corrected chi connectivity index (χ3v) is 4.93. The first-order chi connectivity index (χ1) is 12.5. The van der Waals surface area contributed by atoms with Gasteiger partial charge >= 0.3 is 0 Å². The third-order valence-electron chi connectivity index (χ3n) is 3.85. The minimum Gasteiger partial charge on any atom is -0.303 e. The predicted octanol–water partition coefficient (Wildman–Crippen LogP) is 3.07. The van der Waals surface area contributed by atoms with Gasteiger partial charge in [-0.15, -0.1) is 5.10 Å². The normalized spacial score (nSPS) is 18.4. The average Bonchev–Trinajstić information content (AvgIpc) is 2.96. The fraction of sp³-hybridized carbons (Fsp3) is 0.167. The van der Waals surface area contributed by atoms with E-state index >= 15 is 0 Å². The number of aryl methyl sites for hydroxylation is 1. The fourth-order valence-corrected chi connectivity index (χ4v) is 3.44. The number of nitro benzene ring substituents is 1. The van der Waals surface area contributed by atoms with Gasteiger partial charge in [-0.05, 0) is 30.0 Å². The zero-order valence-electron chi connectivity index (χ0n) is 14.0. The Balaban J connectivity index is 1.66. The van der Waals surface area contributed by atoms with Crippen molar-refractivity contribution in [1.29, 1.82) is 0 Å². The van der Waals surface area contributed by atoms with Gasteiger partial charge in [0.05, 0.1) is 16.4 Å². The van der Waals surface area contributed by atoms with Crippen LogP contribution >= 0.6 is 11.8 Å². The number of non-ortho nitro benzene ring substituents is 1. The highest BCUT2D eigenvalue weighted by Crippen LogP contribution is 2.24. The van der Waals surface area contributed by atoms with Crippen LogP contribution in [0.4, 0.5) is 5.69 Å². The van der Waals surface area contributed by atoms with E-state index in [0.29, 0.717) is 11.6 Å². The van der Waals surface area contributed by atoms with E-state index in [0.717, 1.165) is 16.7 Å². The van der Waals surface area contributed by atoms with Crippen LogP contribution < -0.4 is 5.32 Å². The van der Waals surface area contributed by atoms with Crippen LogP contribution in [0.15, 0.2) is 58.7 Å². The Hall–Kier alpha value is -3.00. The van der Waals surface area contributed by atoms with Crippen LogP contribution in [0.1, 0.15) is 16.7 Å². The average molecular weight is 368 g/mol. The van der Waals surface area contributed by atoms with Crippen molar-refractivity contribution >= 4 is 34.7 Å². The molecule has 2 aromatic rings. The number of nitrogens with one attached hydrogen (secondary N) is 1. The van der Waals surface area contributed by atoms with Crippen LogP contribution in [0.25, 0.3) is 0 Å². The van der Waals surface area contributed by atoms with Gasteiger partial charge < -0.3 is 5.32 Å². The molecule has 1 aliphatic rings. The lowest BCUT2D eigenvalue weighted by Gasteiger charge is -2.04. The number of benzene rings is 2. The summed E-state index contributed by atoms with van der Waals surface area (Å²) in [5.74, 6) is -0.175. The fourth-order valence-electron chi connectivity index (χ4n) is 2.47. The highest BCUT2D eigenvalue weighted by Gasteiger charge is 2.30. The zero-order valence-corrected chi connectivity index (χ0v) is 14.8. The molecule has 0 aromatic heterocycles. The van der Waals surface area contributed by atoms with Gasteiger partial charge in [0, 0.05) is 12.1 Å². The quantitative estimate of drug-likeness (QED) is 0.498. The molecule has 26 heavy (non-hydrogen) atoms. The highest BCUT2D eigenvalue weighted by atomic mass is 32.2. The van der Waals surface area contributed by atoms with Gasteiger partial charge in [0.15, 0.2) is 5.17 Å². The number of amides is 1. The molecular weight excluding hydrogens is 352 g/mol. The number of hydrogen-bond acceptors (Lipinski definition) is 6. The third kappa shape index (κ3) is 4.34. The molecule has 1 amide bonds. The molecule has 0 spiro atoms. The van der Waals surface area contributed by atoms with E-state index in [9.17, 15) is 14.9 Å². The monoisotopic (exact) mass is 368 g/mol. The van der Waals surface area contributed by atoms with Gasteiger partial charge in [-0.1, -0.05) is 48.2 Å². The van der Waals surface area contributed by atoms with E-state index in [2.05, 4.69) is 15.5 Å². The second kappa shape index (κ2) is 7.92. The maximum Gasteiger partial charge on any atom is 0.269 e. The summed E-state index contributed by atoms with van der Waals surface area (Å²) in [4.78, 5) is 22.5. The van der Waals surface area contributed by atoms with Gasteiger partial charge in [-0.2, -0.15) is 5.10 Å². The molecule has 8 heteroatoms. The van der Waals surface area contributed by atoms with Gasteiger partial charge in [0.1, 0.15) is 0 Å². The minimum atomic E-state index is -0.446. The molecule has 0 bridgehead atoms. The molecule has 1 fully saturated rings. The lowest BCUT2D eigenvalue weighted by molar-refractivity contribution is -0.384. The van der Waals surface area contributed by atoms with Gasteiger partial charge in [-0.25, -0.2) is 0 Å². The maximum absolute atomic E-state index is 12.1. The molecule has 0 aliphatic carbocycles. The SMILES string of the molecule is Cc1ccccc1/C=N\N=C1\NC(=O)C(Cc2cccc([N+](=O)[O-])c2)S1. The molecule has 1 N–H and O–H groups in total. The van der Waals surface area contributed by atoms with Crippen molar-refractivity contribution in [2.45, 2.75) is 18.6 Å². The molecule has 1 aliphatic heterocycles. The first kappa shape index (κ1) is 17.8. The number of amidine groups is 1. The zero-order chi connectivity index (χ0) is 18.5. The number of nitrogens with zero attached hydrogens (tertiary/aromatic N) is 3. The number of hydrogen-bond donors (Lipinski definition) is 1. The molecule has 1 atom stereocenters. The predicted molar refractivity (Wildman–Crippen MR) is 103 cm³/mol. The second-order valence-electron chi connectivity index (χ2n) is 5.73. The summed E-state index contributed by atoms with van der Waals surface area (Å²) in [5.41, 5.74) is 2.79. The van der Waals surface area contributed by atoms with Crippen molar-refractivity contribution in [2.24, 2.45) is 10.2 Å². The van der Waals surface area contributed by atoms with Crippen LogP contribution in [0, 0.1) is 17.0 Å². The summed E-state index contributed by atoms with van der Waals surface area (Å²) in [6, 6.07) is 14.1. The number of thioether (sulfide) groups is 1. The van der Waals surface area contributed by atoms with E-state index in [-0.39, 0.29) is 16.8 Å². The molecule has 3 rings (SSSR count). The van der Waals surface area contributed by atoms with E-state index in [4.69, 9.17) is 0 Å². The minimum absolute atomic E-state index is 0.0163. The van der Waals surface area contributed by atoms with Gasteiger partial charge in [0.2, 0.25) is 5.91 Å². The first-order valence-corrected chi connectivity index (χ1v) is 8.78. The van der Waals surface area contributed by atoms with Crippen LogP contribution in [-0.2, 0) is 11.2 Å². The van der Waals surface area contributed by atoms with Crippen molar-refractivity contribution in [3.63, 3.8) is 0 Å². The van der Waals surface area contributed by atoms with Gasteiger partial charge in [-0.3, -0.25) is 14.9 Å². The van der Waals surface area contributed by atoms with Gasteiger partial charge in [0.25, 0.3) is 5.69 Å². The number of carbonyl (C=O) groups is 1. The van der Waals surface area contributed by atoms with Crippen LogP contribution in [0.3, 0.4) is 0 Å². The Morgan fingerprint density at radius 2 is 2.08 bits per heavy atom. The lowest BCUT2D eigenvalue weighted by atomic mass is 10.1. The number of nitro groups is 1. The summed E-state index contributed by atoms with van der Waals surface area (Å²) in [6.07, 6.45) is 2.03. The van der Waals surface area contributed by atoms with E-state index in [1.807, 2.05) is 31.2 Å². The molecule has 7 nitrogen and oxygen atoms in total. The summed E-state index contributed by atoms with van der Waals surface area (Å²) in [5, 5.41) is 21.7.